The summed E-state index contributed by atoms with van der Waals surface area (Å²) in [5.41, 5.74) is 3.59. The first-order chi connectivity index (χ1) is 13.5. The molecular weight excluding hydrogens is 354 g/mol. The topological polar surface area (TPSA) is 87.5 Å². The zero-order valence-electron chi connectivity index (χ0n) is 16.0. The van der Waals surface area contributed by atoms with E-state index < -0.39 is 5.97 Å². The highest BCUT2D eigenvalue weighted by molar-refractivity contribution is 5.88. The summed E-state index contributed by atoms with van der Waals surface area (Å²) in [6.07, 6.45) is 4.02. The molecule has 6 nitrogen and oxygen atoms in total. The minimum absolute atomic E-state index is 0.128. The number of aromatic amines is 1. The number of benzene rings is 2. The Bertz CT molecular complexity index is 1080. The van der Waals surface area contributed by atoms with E-state index in [0.717, 1.165) is 29.8 Å². The lowest BCUT2D eigenvalue weighted by atomic mass is 10.1. The number of aliphatic imine (C=N–C) groups is 1. The largest absolute Gasteiger partial charge is 0.478 e. The molecule has 6 heteroatoms. The van der Waals surface area contributed by atoms with Crippen LogP contribution < -0.4 is 5.56 Å². The van der Waals surface area contributed by atoms with Crippen LogP contribution >= 0.6 is 0 Å². The summed E-state index contributed by atoms with van der Waals surface area (Å²) in [5.74, 6) is -1.03. The number of aromatic nitrogens is 2. The third kappa shape index (κ3) is 3.96. The summed E-state index contributed by atoms with van der Waals surface area (Å²) < 4.78 is 1.38. The molecule has 0 aliphatic rings. The van der Waals surface area contributed by atoms with Crippen LogP contribution in [0.5, 0.6) is 0 Å². The van der Waals surface area contributed by atoms with Crippen LogP contribution in [0.15, 0.2) is 58.3 Å². The number of nitrogens with zero attached hydrogens (tertiary/aromatic N) is 2. The highest BCUT2D eigenvalue weighted by Crippen LogP contribution is 2.19. The van der Waals surface area contributed by atoms with Crippen LogP contribution in [0.3, 0.4) is 0 Å². The van der Waals surface area contributed by atoms with Crippen molar-refractivity contribution in [1.29, 1.82) is 0 Å². The molecule has 0 bridgehead atoms. The van der Waals surface area contributed by atoms with Gasteiger partial charge in [0.25, 0.3) is 5.56 Å². The van der Waals surface area contributed by atoms with Crippen molar-refractivity contribution in [2.24, 2.45) is 4.99 Å². The van der Waals surface area contributed by atoms with E-state index >= 15 is 0 Å². The van der Waals surface area contributed by atoms with Gasteiger partial charge in [0, 0.05) is 11.9 Å². The van der Waals surface area contributed by atoms with Gasteiger partial charge in [0.2, 0.25) is 0 Å². The number of carbonyl (C=O) groups is 1. The summed E-state index contributed by atoms with van der Waals surface area (Å²) in [7, 11) is 0. The lowest BCUT2D eigenvalue weighted by Crippen LogP contribution is -2.17. The van der Waals surface area contributed by atoms with Gasteiger partial charge in [-0.1, -0.05) is 44.5 Å². The van der Waals surface area contributed by atoms with Crippen LogP contribution in [0.2, 0.25) is 0 Å². The number of aromatic carboxylic acids is 1. The molecule has 1 heterocycles. The molecule has 3 rings (SSSR count). The van der Waals surface area contributed by atoms with Crippen LogP contribution in [-0.4, -0.2) is 27.1 Å². The Morgan fingerprint density at radius 3 is 2.68 bits per heavy atom. The molecule has 0 fully saturated rings. The summed E-state index contributed by atoms with van der Waals surface area (Å²) in [4.78, 5) is 28.8. The van der Waals surface area contributed by atoms with Gasteiger partial charge in [-0.05, 0) is 42.7 Å². The van der Waals surface area contributed by atoms with Crippen molar-refractivity contribution in [2.75, 3.05) is 0 Å². The molecule has 0 amide bonds. The molecule has 2 aromatic carbocycles. The molecule has 2 N–H and O–H groups in total. The lowest BCUT2D eigenvalue weighted by Gasteiger charge is -2.03. The molecular formula is C22H23N3O3. The predicted octanol–water partition coefficient (Wildman–Crippen LogP) is 4.13. The van der Waals surface area contributed by atoms with Gasteiger partial charge in [0.1, 0.15) is 0 Å². The first-order valence-electron chi connectivity index (χ1n) is 9.34. The van der Waals surface area contributed by atoms with E-state index in [-0.39, 0.29) is 11.1 Å². The standard InChI is InChI=1S/C22H23N3O3/c1-3-8-20-18(14-23-19-12-6-5-9-15(19)4-2)21(26)25(24-20)17-11-7-10-16(13-17)22(27)28/h5-7,9-14,24H,3-4,8H2,1-2H3,(H,27,28). The summed E-state index contributed by atoms with van der Waals surface area (Å²) in [6, 6.07) is 14.1. The van der Waals surface area contributed by atoms with E-state index in [4.69, 9.17) is 0 Å². The number of nitrogens with one attached hydrogen (secondary N) is 1. The number of aryl methyl sites for hydroxylation is 2. The molecule has 144 valence electrons. The average Bonchev–Trinajstić information content (AvgIpc) is 3.02. The van der Waals surface area contributed by atoms with Gasteiger partial charge in [-0.15, -0.1) is 0 Å². The van der Waals surface area contributed by atoms with Crippen molar-refractivity contribution in [3.05, 3.63) is 81.3 Å². The number of H-pyrrole nitrogens is 1. The molecule has 0 unspecified atom stereocenters. The minimum Gasteiger partial charge on any atom is -0.478 e. The molecule has 0 aliphatic heterocycles. The van der Waals surface area contributed by atoms with Crippen LogP contribution in [-0.2, 0) is 12.8 Å². The van der Waals surface area contributed by atoms with Gasteiger partial charge in [-0.25, -0.2) is 9.48 Å². The Kier molecular flexibility index (Phi) is 5.89. The number of carboxylic acid groups (broad SMARTS) is 1. The second-order valence-corrected chi connectivity index (χ2v) is 6.49. The molecule has 28 heavy (non-hydrogen) atoms. The lowest BCUT2D eigenvalue weighted by molar-refractivity contribution is 0.0697. The van der Waals surface area contributed by atoms with Crippen molar-refractivity contribution in [2.45, 2.75) is 33.1 Å². The maximum atomic E-state index is 13.0. The van der Waals surface area contributed by atoms with Gasteiger partial charge >= 0.3 is 5.97 Å². The van der Waals surface area contributed by atoms with Crippen molar-refractivity contribution in [3.8, 4) is 5.69 Å². The Balaban J connectivity index is 2.07. The summed E-state index contributed by atoms with van der Waals surface area (Å²) in [5, 5.41) is 12.3. The second-order valence-electron chi connectivity index (χ2n) is 6.49. The Labute approximate surface area is 163 Å². The fourth-order valence-electron chi connectivity index (χ4n) is 3.10. The second kappa shape index (κ2) is 8.52. The highest BCUT2D eigenvalue weighted by atomic mass is 16.4. The van der Waals surface area contributed by atoms with E-state index in [2.05, 4.69) is 17.0 Å². The molecule has 3 aromatic rings. The molecule has 0 atom stereocenters. The van der Waals surface area contributed by atoms with Crippen LogP contribution in [0, 0.1) is 0 Å². The van der Waals surface area contributed by atoms with E-state index in [1.165, 1.54) is 16.8 Å². The molecule has 0 saturated heterocycles. The van der Waals surface area contributed by atoms with Gasteiger partial charge in [-0.2, -0.15) is 0 Å². The van der Waals surface area contributed by atoms with Crippen molar-refractivity contribution >= 4 is 17.9 Å². The van der Waals surface area contributed by atoms with Crippen LogP contribution in [0.1, 0.15) is 47.4 Å². The molecule has 0 radical (unpaired) electrons. The predicted molar refractivity (Wildman–Crippen MR) is 110 cm³/mol. The molecule has 0 aliphatic carbocycles. The number of rotatable bonds is 7. The maximum absolute atomic E-state index is 13.0. The monoisotopic (exact) mass is 377 g/mol. The van der Waals surface area contributed by atoms with E-state index in [1.807, 2.05) is 31.2 Å². The van der Waals surface area contributed by atoms with Crippen LogP contribution in [0.25, 0.3) is 5.69 Å². The zero-order valence-corrected chi connectivity index (χ0v) is 16.0. The SMILES string of the molecule is CCCc1[nH]n(-c2cccc(C(=O)O)c2)c(=O)c1C=Nc1ccccc1CC. The number of hydrogen-bond acceptors (Lipinski definition) is 3. The Morgan fingerprint density at radius 2 is 1.96 bits per heavy atom. The van der Waals surface area contributed by atoms with E-state index in [1.54, 1.807) is 18.3 Å². The highest BCUT2D eigenvalue weighted by Gasteiger charge is 2.14. The van der Waals surface area contributed by atoms with Crippen molar-refractivity contribution in [1.82, 2.24) is 9.78 Å². The van der Waals surface area contributed by atoms with Gasteiger partial charge in [-0.3, -0.25) is 14.9 Å². The normalized spacial score (nSPS) is 11.2. The smallest absolute Gasteiger partial charge is 0.335 e. The van der Waals surface area contributed by atoms with Gasteiger partial charge in [0.15, 0.2) is 0 Å². The first kappa shape index (κ1) is 19.4. The van der Waals surface area contributed by atoms with E-state index in [9.17, 15) is 14.7 Å². The quantitative estimate of drug-likeness (QED) is 0.607. The molecule has 0 saturated carbocycles. The summed E-state index contributed by atoms with van der Waals surface area (Å²) >= 11 is 0. The average molecular weight is 377 g/mol. The van der Waals surface area contributed by atoms with Gasteiger partial charge < -0.3 is 5.11 Å². The fraction of sp³-hybridized carbons (Fsp3) is 0.227. The zero-order chi connectivity index (χ0) is 20.1. The first-order valence-corrected chi connectivity index (χ1v) is 9.34. The number of carboxylic acids is 1. The minimum atomic E-state index is -1.03. The Morgan fingerprint density at radius 1 is 1.18 bits per heavy atom. The van der Waals surface area contributed by atoms with E-state index in [0.29, 0.717) is 17.7 Å². The van der Waals surface area contributed by atoms with Crippen LogP contribution in [0.4, 0.5) is 5.69 Å². The number of para-hydroxylation sites is 1. The molecule has 0 spiro atoms. The third-order valence-corrected chi connectivity index (χ3v) is 4.56. The number of hydrogen-bond donors (Lipinski definition) is 2. The molecule has 1 aromatic heterocycles. The van der Waals surface area contributed by atoms with Crippen molar-refractivity contribution < 1.29 is 9.90 Å². The van der Waals surface area contributed by atoms with Gasteiger partial charge in [0.05, 0.1) is 22.5 Å². The Hall–Kier alpha value is -3.41. The van der Waals surface area contributed by atoms with Crippen molar-refractivity contribution in [3.63, 3.8) is 0 Å². The summed E-state index contributed by atoms with van der Waals surface area (Å²) in [6.45, 7) is 4.10. The third-order valence-electron chi connectivity index (χ3n) is 4.56. The maximum Gasteiger partial charge on any atom is 0.335 e. The fourth-order valence-corrected chi connectivity index (χ4v) is 3.10.